The predicted molar refractivity (Wildman–Crippen MR) is 105 cm³/mol. The minimum absolute atomic E-state index is 0.206. The number of hydrogen-bond donors (Lipinski definition) is 0. The molecule has 3 aromatic carbocycles. The predicted octanol–water partition coefficient (Wildman–Crippen LogP) is 4.29. The van der Waals surface area contributed by atoms with Crippen LogP contribution in [0.25, 0.3) is 21.7 Å². The molecule has 5 heteroatoms. The summed E-state index contributed by atoms with van der Waals surface area (Å²) in [5.41, 5.74) is 1.74. The maximum Gasteiger partial charge on any atom is 0.208 e. The number of fused-ring (bicyclic) bond motifs is 2. The monoisotopic (exact) mass is 362 g/mol. The Morgan fingerprint density at radius 2 is 1.54 bits per heavy atom. The fourth-order valence-corrected chi connectivity index (χ4v) is 4.65. The molecule has 4 nitrogen and oxygen atoms in total. The lowest BCUT2D eigenvalue weighted by atomic mass is 10.1. The molecule has 0 amide bonds. The van der Waals surface area contributed by atoms with E-state index in [-0.39, 0.29) is 4.90 Å². The Bertz CT molecular complexity index is 1230. The lowest BCUT2D eigenvalue weighted by Crippen LogP contribution is -2.10. The Labute approximate surface area is 152 Å². The van der Waals surface area contributed by atoms with Gasteiger partial charge >= 0.3 is 0 Å². The van der Waals surface area contributed by atoms with Crippen molar-refractivity contribution in [1.29, 1.82) is 0 Å². The lowest BCUT2D eigenvalue weighted by molar-refractivity contribution is 0.596. The van der Waals surface area contributed by atoms with Crippen molar-refractivity contribution in [1.82, 2.24) is 4.98 Å². The van der Waals surface area contributed by atoms with Crippen LogP contribution in [0.5, 0.6) is 0 Å². The average Bonchev–Trinajstić information content (AvgIpc) is 2.66. The average molecular weight is 362 g/mol. The van der Waals surface area contributed by atoms with Gasteiger partial charge in [-0.25, -0.2) is 8.42 Å². The van der Waals surface area contributed by atoms with Crippen molar-refractivity contribution in [3.05, 3.63) is 72.9 Å². The molecule has 0 bridgehead atoms. The van der Waals surface area contributed by atoms with Gasteiger partial charge in [0.25, 0.3) is 0 Å². The standard InChI is InChI=1S/C21H18N2O2S/c1-23(2)19-11-5-9-16-13-17(14-22-21(16)19)26(24,25)20-12-6-8-15-7-3-4-10-18(15)20/h3-14H,1-2H3. The second kappa shape index (κ2) is 6.11. The molecule has 1 heterocycles. The summed E-state index contributed by atoms with van der Waals surface area (Å²) in [5.74, 6) is 0. The fourth-order valence-electron chi connectivity index (χ4n) is 3.19. The second-order valence-electron chi connectivity index (χ2n) is 6.40. The summed E-state index contributed by atoms with van der Waals surface area (Å²) in [7, 11) is 0.217. The van der Waals surface area contributed by atoms with Gasteiger partial charge in [-0.3, -0.25) is 4.98 Å². The molecule has 0 aliphatic rings. The summed E-state index contributed by atoms with van der Waals surface area (Å²) in [5, 5.41) is 2.42. The van der Waals surface area contributed by atoms with E-state index >= 15 is 0 Å². The van der Waals surface area contributed by atoms with Crippen LogP contribution in [-0.4, -0.2) is 27.5 Å². The van der Waals surface area contributed by atoms with Gasteiger partial charge in [0.2, 0.25) is 9.84 Å². The Hall–Kier alpha value is -2.92. The molecule has 0 saturated carbocycles. The number of sulfone groups is 1. The van der Waals surface area contributed by atoms with E-state index in [1.807, 2.05) is 67.5 Å². The third-order valence-electron chi connectivity index (χ3n) is 4.50. The first-order chi connectivity index (χ1) is 12.5. The van der Waals surface area contributed by atoms with Gasteiger partial charge in [-0.15, -0.1) is 0 Å². The van der Waals surface area contributed by atoms with Crippen LogP contribution in [0.2, 0.25) is 0 Å². The molecule has 0 spiro atoms. The summed E-state index contributed by atoms with van der Waals surface area (Å²) in [6.45, 7) is 0. The van der Waals surface area contributed by atoms with Gasteiger partial charge in [-0.2, -0.15) is 0 Å². The number of anilines is 1. The highest BCUT2D eigenvalue weighted by atomic mass is 32.2. The van der Waals surface area contributed by atoms with Crippen LogP contribution in [0, 0.1) is 0 Å². The quantitative estimate of drug-likeness (QED) is 0.546. The molecule has 0 N–H and O–H groups in total. The first-order valence-electron chi connectivity index (χ1n) is 8.27. The Morgan fingerprint density at radius 3 is 2.35 bits per heavy atom. The molecular weight excluding hydrogens is 344 g/mol. The summed E-state index contributed by atoms with van der Waals surface area (Å²) >= 11 is 0. The zero-order valence-corrected chi connectivity index (χ0v) is 15.4. The summed E-state index contributed by atoms with van der Waals surface area (Å²) in [4.78, 5) is 6.93. The van der Waals surface area contributed by atoms with Gasteiger partial charge in [0.15, 0.2) is 0 Å². The van der Waals surface area contributed by atoms with Crippen molar-refractivity contribution >= 4 is 37.2 Å². The van der Waals surface area contributed by atoms with Crippen LogP contribution in [0.1, 0.15) is 0 Å². The number of pyridine rings is 1. The third-order valence-corrected chi connectivity index (χ3v) is 6.27. The van der Waals surface area contributed by atoms with E-state index in [0.29, 0.717) is 4.90 Å². The van der Waals surface area contributed by atoms with Crippen LogP contribution >= 0.6 is 0 Å². The largest absolute Gasteiger partial charge is 0.376 e. The van der Waals surface area contributed by atoms with Crippen molar-refractivity contribution in [3.63, 3.8) is 0 Å². The number of para-hydroxylation sites is 1. The highest BCUT2D eigenvalue weighted by molar-refractivity contribution is 7.91. The maximum absolute atomic E-state index is 13.3. The number of benzene rings is 3. The second-order valence-corrected chi connectivity index (χ2v) is 8.31. The van der Waals surface area contributed by atoms with Crippen molar-refractivity contribution in [2.24, 2.45) is 0 Å². The topological polar surface area (TPSA) is 50.3 Å². The van der Waals surface area contributed by atoms with E-state index in [9.17, 15) is 8.42 Å². The highest BCUT2D eigenvalue weighted by Gasteiger charge is 2.21. The SMILES string of the molecule is CN(C)c1cccc2cc(S(=O)(=O)c3cccc4ccccc34)cnc12. The van der Waals surface area contributed by atoms with Crippen molar-refractivity contribution in [2.45, 2.75) is 9.79 Å². The smallest absolute Gasteiger partial charge is 0.208 e. The Morgan fingerprint density at radius 1 is 0.846 bits per heavy atom. The minimum Gasteiger partial charge on any atom is -0.376 e. The van der Waals surface area contributed by atoms with E-state index in [2.05, 4.69) is 4.98 Å². The number of hydrogen-bond acceptors (Lipinski definition) is 4. The van der Waals surface area contributed by atoms with Gasteiger partial charge in [0.05, 0.1) is 21.0 Å². The van der Waals surface area contributed by atoms with Crippen LogP contribution in [0.15, 0.2) is 82.7 Å². The van der Waals surface area contributed by atoms with Crippen LogP contribution in [0.3, 0.4) is 0 Å². The van der Waals surface area contributed by atoms with Gasteiger partial charge in [-0.05, 0) is 23.6 Å². The summed E-state index contributed by atoms with van der Waals surface area (Å²) < 4.78 is 26.5. The number of nitrogens with zero attached hydrogens (tertiary/aromatic N) is 2. The van der Waals surface area contributed by atoms with Gasteiger partial charge in [0.1, 0.15) is 0 Å². The van der Waals surface area contributed by atoms with E-state index in [1.54, 1.807) is 18.2 Å². The molecule has 0 saturated heterocycles. The van der Waals surface area contributed by atoms with Gasteiger partial charge in [0, 0.05) is 31.1 Å². The first kappa shape index (κ1) is 16.5. The number of aromatic nitrogens is 1. The molecule has 1 aromatic heterocycles. The summed E-state index contributed by atoms with van der Waals surface area (Å²) in [6.07, 6.45) is 1.45. The van der Waals surface area contributed by atoms with Gasteiger partial charge < -0.3 is 4.90 Å². The fraction of sp³-hybridized carbons (Fsp3) is 0.0952. The molecule has 0 aliphatic carbocycles. The molecule has 0 radical (unpaired) electrons. The van der Waals surface area contributed by atoms with E-state index in [0.717, 1.165) is 27.4 Å². The number of rotatable bonds is 3. The molecule has 26 heavy (non-hydrogen) atoms. The zero-order valence-electron chi connectivity index (χ0n) is 14.5. The molecule has 0 atom stereocenters. The van der Waals surface area contributed by atoms with E-state index in [1.165, 1.54) is 6.20 Å². The highest BCUT2D eigenvalue weighted by Crippen LogP contribution is 2.31. The summed E-state index contributed by atoms with van der Waals surface area (Å²) in [6, 6.07) is 20.3. The lowest BCUT2D eigenvalue weighted by Gasteiger charge is -2.15. The van der Waals surface area contributed by atoms with Crippen LogP contribution in [0.4, 0.5) is 5.69 Å². The van der Waals surface area contributed by atoms with Crippen molar-refractivity contribution in [3.8, 4) is 0 Å². The first-order valence-corrected chi connectivity index (χ1v) is 9.76. The van der Waals surface area contributed by atoms with Gasteiger partial charge in [-0.1, -0.05) is 48.5 Å². The zero-order chi connectivity index (χ0) is 18.3. The molecule has 4 aromatic rings. The minimum atomic E-state index is -3.67. The molecule has 4 rings (SSSR count). The molecular formula is C21H18N2O2S. The molecule has 0 aliphatic heterocycles. The van der Waals surface area contributed by atoms with Crippen molar-refractivity contribution in [2.75, 3.05) is 19.0 Å². The molecule has 0 fully saturated rings. The van der Waals surface area contributed by atoms with Crippen LogP contribution in [-0.2, 0) is 9.84 Å². The maximum atomic E-state index is 13.3. The van der Waals surface area contributed by atoms with Crippen LogP contribution < -0.4 is 4.90 Å². The van der Waals surface area contributed by atoms with E-state index in [4.69, 9.17) is 0 Å². The van der Waals surface area contributed by atoms with Crippen molar-refractivity contribution < 1.29 is 8.42 Å². The Balaban J connectivity index is 1.94. The third kappa shape index (κ3) is 2.61. The normalized spacial score (nSPS) is 11.8. The Kier molecular flexibility index (Phi) is 3.89. The molecule has 0 unspecified atom stereocenters. The van der Waals surface area contributed by atoms with E-state index < -0.39 is 9.84 Å². The molecule has 130 valence electrons.